The van der Waals surface area contributed by atoms with Gasteiger partial charge in [0.1, 0.15) is 16.9 Å². The largest absolute Gasteiger partial charge is 0.495 e. The van der Waals surface area contributed by atoms with Crippen LogP contribution >= 0.6 is 12.4 Å². The van der Waals surface area contributed by atoms with E-state index in [2.05, 4.69) is 10.6 Å². The van der Waals surface area contributed by atoms with E-state index in [1.807, 2.05) is 44.2 Å². The van der Waals surface area contributed by atoms with E-state index in [0.717, 1.165) is 16.4 Å². The highest BCUT2D eigenvalue weighted by Gasteiger charge is 2.18. The van der Waals surface area contributed by atoms with Gasteiger partial charge in [-0.05, 0) is 18.1 Å². The summed E-state index contributed by atoms with van der Waals surface area (Å²) in [7, 11) is 1.53. The molecule has 2 aromatic carbocycles. The zero-order valence-electron chi connectivity index (χ0n) is 15.9. The van der Waals surface area contributed by atoms with Crippen LogP contribution in [0.1, 0.15) is 13.8 Å². The number of nitrogens with two attached hydrogens (primary N) is 1. The van der Waals surface area contributed by atoms with Crippen molar-refractivity contribution in [3.8, 4) is 5.75 Å². The molecule has 0 spiro atoms. The van der Waals surface area contributed by atoms with E-state index in [1.54, 1.807) is 6.07 Å². The third-order valence-electron chi connectivity index (χ3n) is 4.42. The van der Waals surface area contributed by atoms with Crippen LogP contribution in [-0.4, -0.2) is 31.5 Å². The van der Waals surface area contributed by atoms with Gasteiger partial charge in [-0.3, -0.25) is 9.59 Å². The molecule has 150 valence electrons. The number of amides is 2. The van der Waals surface area contributed by atoms with Crippen LogP contribution in [0.5, 0.6) is 5.75 Å². The van der Waals surface area contributed by atoms with Crippen molar-refractivity contribution in [1.29, 1.82) is 0 Å². The number of furan rings is 1. The molecule has 7 nitrogen and oxygen atoms in total. The second kappa shape index (κ2) is 8.95. The molecule has 1 aromatic heterocycles. The number of nitrogens with one attached hydrogen (secondary N) is 2. The van der Waals surface area contributed by atoms with Crippen molar-refractivity contribution in [3.05, 3.63) is 36.4 Å². The molecule has 28 heavy (non-hydrogen) atoms. The second-order valence-corrected chi connectivity index (χ2v) is 6.68. The molecule has 3 rings (SSSR count). The predicted octanol–water partition coefficient (Wildman–Crippen LogP) is 3.05. The number of carbonyl (C=O) groups is 2. The molecule has 0 aliphatic heterocycles. The van der Waals surface area contributed by atoms with E-state index >= 15 is 0 Å². The van der Waals surface area contributed by atoms with Crippen molar-refractivity contribution in [2.75, 3.05) is 19.0 Å². The normalized spacial score (nSPS) is 11.9. The molecule has 1 heterocycles. The average molecular weight is 406 g/mol. The number of ether oxygens (including phenoxy) is 1. The fourth-order valence-electron chi connectivity index (χ4n) is 2.80. The van der Waals surface area contributed by atoms with Gasteiger partial charge in [0.05, 0.1) is 25.4 Å². The first-order valence-electron chi connectivity index (χ1n) is 8.73. The van der Waals surface area contributed by atoms with Crippen LogP contribution in [0.15, 0.2) is 40.8 Å². The summed E-state index contributed by atoms with van der Waals surface area (Å²) in [5.74, 6) is -0.246. The number of rotatable bonds is 6. The van der Waals surface area contributed by atoms with Gasteiger partial charge < -0.3 is 25.5 Å². The summed E-state index contributed by atoms with van der Waals surface area (Å²) in [6, 6.07) is 10.6. The summed E-state index contributed by atoms with van der Waals surface area (Å²) in [6.07, 6.45) is 0. The molecule has 0 saturated heterocycles. The van der Waals surface area contributed by atoms with Gasteiger partial charge in [0.25, 0.3) is 0 Å². The highest BCUT2D eigenvalue weighted by molar-refractivity contribution is 6.08. The summed E-state index contributed by atoms with van der Waals surface area (Å²) >= 11 is 0. The van der Waals surface area contributed by atoms with Gasteiger partial charge in [-0.25, -0.2) is 0 Å². The minimum atomic E-state index is -0.653. The number of carbonyl (C=O) groups excluding carboxylic acids is 2. The molecule has 8 heteroatoms. The fourth-order valence-corrected chi connectivity index (χ4v) is 2.80. The molecule has 0 bridgehead atoms. The van der Waals surface area contributed by atoms with Gasteiger partial charge in [0.2, 0.25) is 11.8 Å². The summed E-state index contributed by atoms with van der Waals surface area (Å²) in [4.78, 5) is 24.1. The summed E-state index contributed by atoms with van der Waals surface area (Å²) in [6.45, 7) is 3.51. The Morgan fingerprint density at radius 1 is 1.14 bits per heavy atom. The first kappa shape index (κ1) is 21.5. The molecular weight excluding hydrogens is 382 g/mol. The zero-order chi connectivity index (χ0) is 19.6. The minimum absolute atomic E-state index is 0. The Balaban J connectivity index is 0.00000280. The molecule has 1 atom stereocenters. The lowest BCUT2D eigenvalue weighted by Gasteiger charge is -2.15. The molecule has 2 amide bonds. The molecule has 0 saturated carbocycles. The molecule has 3 aromatic rings. The Morgan fingerprint density at radius 3 is 2.54 bits per heavy atom. The maximum Gasteiger partial charge on any atom is 0.243 e. The Bertz CT molecular complexity index is 1000. The monoisotopic (exact) mass is 405 g/mol. The summed E-state index contributed by atoms with van der Waals surface area (Å²) in [5.41, 5.74) is 7.63. The van der Waals surface area contributed by atoms with E-state index < -0.39 is 6.04 Å². The number of para-hydroxylation sites is 1. The van der Waals surface area contributed by atoms with Crippen molar-refractivity contribution in [2.45, 2.75) is 19.9 Å². The van der Waals surface area contributed by atoms with Gasteiger partial charge in [-0.15, -0.1) is 12.4 Å². The van der Waals surface area contributed by atoms with Crippen LogP contribution < -0.4 is 21.1 Å². The minimum Gasteiger partial charge on any atom is -0.495 e. The summed E-state index contributed by atoms with van der Waals surface area (Å²) in [5, 5.41) is 7.15. The Morgan fingerprint density at radius 2 is 1.86 bits per heavy atom. The molecule has 0 fully saturated rings. The van der Waals surface area contributed by atoms with E-state index in [9.17, 15) is 9.59 Å². The number of benzene rings is 2. The lowest BCUT2D eigenvalue weighted by Crippen LogP contribution is -2.46. The maximum atomic E-state index is 12.2. The number of halogens is 1. The van der Waals surface area contributed by atoms with Gasteiger partial charge in [-0.2, -0.15) is 0 Å². The number of anilines is 1. The Hall–Kier alpha value is -2.77. The van der Waals surface area contributed by atoms with Crippen LogP contribution in [0.25, 0.3) is 21.9 Å². The van der Waals surface area contributed by atoms with Crippen molar-refractivity contribution in [2.24, 2.45) is 11.7 Å². The molecule has 0 radical (unpaired) electrons. The maximum absolute atomic E-state index is 12.2. The standard InChI is InChI=1S/C20H23N3O4.ClH/c1-11(2)19(21)20(25)22-10-18(24)23-14-9-16-13(8-17(14)26-3)12-6-4-5-7-15(12)27-16;/h4-9,11,19H,10,21H2,1-3H3,(H,22,25)(H,23,24);1H/t19-;/m0./s1. The van der Waals surface area contributed by atoms with E-state index in [1.165, 1.54) is 7.11 Å². The first-order chi connectivity index (χ1) is 12.9. The van der Waals surface area contributed by atoms with Crippen molar-refractivity contribution < 1.29 is 18.7 Å². The van der Waals surface area contributed by atoms with Crippen molar-refractivity contribution in [3.63, 3.8) is 0 Å². The van der Waals surface area contributed by atoms with E-state index in [0.29, 0.717) is 17.0 Å². The quantitative estimate of drug-likeness (QED) is 0.584. The Kier molecular flexibility index (Phi) is 6.88. The third-order valence-corrected chi connectivity index (χ3v) is 4.42. The number of hydrogen-bond donors (Lipinski definition) is 3. The fraction of sp³-hybridized carbons (Fsp3) is 0.300. The molecule has 0 aliphatic carbocycles. The second-order valence-electron chi connectivity index (χ2n) is 6.68. The van der Waals surface area contributed by atoms with Crippen LogP contribution in [0.4, 0.5) is 5.69 Å². The van der Waals surface area contributed by atoms with E-state index in [-0.39, 0.29) is 36.7 Å². The third kappa shape index (κ3) is 4.37. The summed E-state index contributed by atoms with van der Waals surface area (Å²) < 4.78 is 11.2. The number of methoxy groups -OCH3 is 1. The van der Waals surface area contributed by atoms with Gasteiger partial charge in [0, 0.05) is 16.8 Å². The van der Waals surface area contributed by atoms with Crippen LogP contribution in [0, 0.1) is 5.92 Å². The lowest BCUT2D eigenvalue weighted by molar-refractivity contribution is -0.125. The van der Waals surface area contributed by atoms with Crippen molar-refractivity contribution >= 4 is 51.8 Å². The average Bonchev–Trinajstić information content (AvgIpc) is 3.02. The van der Waals surface area contributed by atoms with Crippen LogP contribution in [0.3, 0.4) is 0 Å². The molecular formula is C20H24ClN3O4. The highest BCUT2D eigenvalue weighted by atomic mass is 35.5. The lowest BCUT2D eigenvalue weighted by atomic mass is 10.1. The number of fused-ring (bicyclic) bond motifs is 3. The van der Waals surface area contributed by atoms with E-state index in [4.69, 9.17) is 14.9 Å². The first-order valence-corrected chi connectivity index (χ1v) is 8.73. The molecule has 0 unspecified atom stereocenters. The van der Waals surface area contributed by atoms with Gasteiger partial charge in [-0.1, -0.05) is 32.0 Å². The molecule has 4 N–H and O–H groups in total. The number of hydrogen-bond acceptors (Lipinski definition) is 5. The molecule has 0 aliphatic rings. The highest BCUT2D eigenvalue weighted by Crippen LogP contribution is 2.36. The Labute approximate surface area is 169 Å². The van der Waals surface area contributed by atoms with Crippen molar-refractivity contribution in [1.82, 2.24) is 5.32 Å². The SMILES string of the molecule is COc1cc2c(cc1NC(=O)CNC(=O)[C@@H](N)C(C)C)oc1ccccc12.Cl. The smallest absolute Gasteiger partial charge is 0.243 e. The topological polar surface area (TPSA) is 107 Å². The van der Waals surface area contributed by atoms with Crippen LogP contribution in [-0.2, 0) is 9.59 Å². The van der Waals surface area contributed by atoms with Gasteiger partial charge >= 0.3 is 0 Å². The predicted molar refractivity (Wildman–Crippen MR) is 112 cm³/mol. The van der Waals surface area contributed by atoms with Gasteiger partial charge in [0.15, 0.2) is 0 Å². The zero-order valence-corrected chi connectivity index (χ0v) is 16.8. The van der Waals surface area contributed by atoms with Crippen LogP contribution in [0.2, 0.25) is 0 Å².